The predicted octanol–water partition coefficient (Wildman–Crippen LogP) is 2.29. The van der Waals surface area contributed by atoms with E-state index in [2.05, 4.69) is 22.0 Å². The summed E-state index contributed by atoms with van der Waals surface area (Å²) in [5.41, 5.74) is 6.40. The fraction of sp³-hybridized carbons (Fsp3) is 0.588. The van der Waals surface area contributed by atoms with Crippen LogP contribution in [0, 0.1) is 5.92 Å². The van der Waals surface area contributed by atoms with Crippen molar-refractivity contribution in [1.29, 1.82) is 0 Å². The highest BCUT2D eigenvalue weighted by Crippen LogP contribution is 2.55. The maximum Gasteiger partial charge on any atom is 0.283 e. The molecule has 2 unspecified atom stereocenters. The molecule has 0 amide bonds. The Balaban J connectivity index is 1.63. The van der Waals surface area contributed by atoms with Gasteiger partial charge in [-0.15, -0.1) is 0 Å². The number of aliphatic imine (C=N–C) groups is 1. The van der Waals surface area contributed by atoms with Gasteiger partial charge in [0.05, 0.1) is 13.2 Å². The van der Waals surface area contributed by atoms with Crippen LogP contribution in [0.5, 0.6) is 5.75 Å². The largest absolute Gasteiger partial charge is 0.490 e. The zero-order valence-corrected chi connectivity index (χ0v) is 14.8. The Morgan fingerprint density at radius 2 is 2.08 bits per heavy atom. The topological polar surface area (TPSA) is 75.3 Å². The molecule has 6 nitrogen and oxygen atoms in total. The number of benzene rings is 1. The van der Waals surface area contributed by atoms with Gasteiger partial charge in [0, 0.05) is 28.8 Å². The fourth-order valence-corrected chi connectivity index (χ4v) is 4.95. The Bertz CT molecular complexity index is 719. The molecule has 2 fully saturated rings. The molecule has 0 aromatic heterocycles. The van der Waals surface area contributed by atoms with E-state index in [9.17, 15) is 0 Å². The van der Waals surface area contributed by atoms with E-state index in [-0.39, 0.29) is 18.0 Å². The number of ether oxygens (including phenoxy) is 4. The van der Waals surface area contributed by atoms with Crippen LogP contribution in [0.3, 0.4) is 0 Å². The first-order valence-electron chi connectivity index (χ1n) is 8.33. The van der Waals surface area contributed by atoms with Crippen LogP contribution in [0.1, 0.15) is 24.8 Å². The standard InChI is InChI=1S/C17H19BrN2O4/c18-10-1-2-13-11(7-10)17(9-21-15(19)20-17)12-8-16(22-5-6-23-16)4-3-14(12)24-13/h1-2,7,12,14H,3-6,8-9H2,(H2,19,20)/t12-,14?,17?/m0/s1. The van der Waals surface area contributed by atoms with Crippen molar-refractivity contribution in [2.24, 2.45) is 16.6 Å². The summed E-state index contributed by atoms with van der Waals surface area (Å²) in [5.74, 6) is 0.464. The molecule has 3 heterocycles. The molecule has 1 aromatic rings. The van der Waals surface area contributed by atoms with E-state index in [0.29, 0.717) is 19.8 Å². The van der Waals surface area contributed by atoms with Crippen LogP contribution in [0.2, 0.25) is 0 Å². The molecule has 24 heavy (non-hydrogen) atoms. The number of halogens is 1. The summed E-state index contributed by atoms with van der Waals surface area (Å²) in [4.78, 5) is 4.76. The average molecular weight is 395 g/mol. The van der Waals surface area contributed by atoms with Gasteiger partial charge in [-0.05, 0) is 24.6 Å². The summed E-state index contributed by atoms with van der Waals surface area (Å²) in [7, 11) is 0. The highest BCUT2D eigenvalue weighted by molar-refractivity contribution is 9.10. The molecule has 1 aliphatic carbocycles. The van der Waals surface area contributed by atoms with Crippen molar-refractivity contribution in [3.8, 4) is 5.75 Å². The van der Waals surface area contributed by atoms with Crippen molar-refractivity contribution >= 4 is 22.0 Å². The number of amidine groups is 1. The molecule has 5 rings (SSSR count). The predicted molar refractivity (Wildman–Crippen MR) is 89.8 cm³/mol. The number of hydrogen-bond donors (Lipinski definition) is 1. The average Bonchev–Trinajstić information content (AvgIpc) is 3.18. The number of nitrogens with two attached hydrogens (primary N) is 1. The van der Waals surface area contributed by atoms with Crippen molar-refractivity contribution in [3.63, 3.8) is 0 Å². The lowest BCUT2D eigenvalue weighted by atomic mass is 9.67. The minimum atomic E-state index is -0.533. The molecule has 3 aliphatic heterocycles. The van der Waals surface area contributed by atoms with Crippen molar-refractivity contribution in [1.82, 2.24) is 0 Å². The van der Waals surface area contributed by atoms with Gasteiger partial charge < -0.3 is 24.7 Å². The van der Waals surface area contributed by atoms with Gasteiger partial charge in [0.15, 0.2) is 5.79 Å². The smallest absolute Gasteiger partial charge is 0.283 e. The van der Waals surface area contributed by atoms with Crippen LogP contribution >= 0.6 is 15.9 Å². The van der Waals surface area contributed by atoms with Crippen LogP contribution in [-0.2, 0) is 19.7 Å². The molecule has 4 aliphatic rings. The van der Waals surface area contributed by atoms with E-state index in [1.54, 1.807) is 0 Å². The molecular weight excluding hydrogens is 376 g/mol. The maximum atomic E-state index is 6.32. The third-order valence-corrected chi connectivity index (χ3v) is 6.15. The van der Waals surface area contributed by atoms with Gasteiger partial charge in [0.25, 0.3) is 6.02 Å². The maximum absolute atomic E-state index is 6.32. The second-order valence-electron chi connectivity index (χ2n) is 6.92. The Morgan fingerprint density at radius 1 is 1.25 bits per heavy atom. The summed E-state index contributed by atoms with van der Waals surface area (Å²) >= 11 is 3.56. The molecule has 0 radical (unpaired) electrons. The number of nitrogens with zero attached hydrogens (tertiary/aromatic N) is 1. The lowest BCUT2D eigenvalue weighted by Gasteiger charge is -2.50. The van der Waals surface area contributed by atoms with E-state index in [4.69, 9.17) is 29.7 Å². The Kier molecular flexibility index (Phi) is 3.18. The van der Waals surface area contributed by atoms with Gasteiger partial charge in [-0.25, -0.2) is 4.99 Å². The van der Waals surface area contributed by atoms with Crippen molar-refractivity contribution < 1.29 is 18.9 Å². The number of rotatable bonds is 0. The van der Waals surface area contributed by atoms with Crippen LogP contribution in [0.4, 0.5) is 0 Å². The number of fused-ring (bicyclic) bond motifs is 4. The molecule has 3 atom stereocenters. The fourth-order valence-electron chi connectivity index (χ4n) is 4.59. The molecule has 2 spiro atoms. The van der Waals surface area contributed by atoms with E-state index in [0.717, 1.165) is 35.0 Å². The summed E-state index contributed by atoms with van der Waals surface area (Å²) < 4.78 is 24.9. The molecule has 1 saturated carbocycles. The minimum Gasteiger partial charge on any atom is -0.490 e. The normalized spacial score (nSPS) is 36.0. The van der Waals surface area contributed by atoms with Gasteiger partial charge in [0.2, 0.25) is 0 Å². The second-order valence-corrected chi connectivity index (χ2v) is 7.83. The van der Waals surface area contributed by atoms with Crippen LogP contribution in [-0.4, -0.2) is 37.7 Å². The molecule has 1 saturated heterocycles. The summed E-state index contributed by atoms with van der Waals surface area (Å²) in [6.07, 6.45) is 2.52. The van der Waals surface area contributed by atoms with Gasteiger partial charge >= 0.3 is 0 Å². The first-order chi connectivity index (χ1) is 11.6. The molecule has 128 valence electrons. The Morgan fingerprint density at radius 3 is 2.83 bits per heavy atom. The van der Waals surface area contributed by atoms with Crippen molar-refractivity contribution in [2.45, 2.75) is 36.7 Å². The van der Waals surface area contributed by atoms with Crippen molar-refractivity contribution in [2.75, 3.05) is 19.8 Å². The Labute approximate surface area is 148 Å². The van der Waals surface area contributed by atoms with Crippen LogP contribution < -0.4 is 10.5 Å². The van der Waals surface area contributed by atoms with Gasteiger partial charge in [-0.2, -0.15) is 0 Å². The molecule has 0 bridgehead atoms. The summed E-state index contributed by atoms with van der Waals surface area (Å²) in [5, 5.41) is 0. The van der Waals surface area contributed by atoms with Gasteiger partial charge in [-0.1, -0.05) is 15.9 Å². The quantitative estimate of drug-likeness (QED) is 0.730. The first-order valence-corrected chi connectivity index (χ1v) is 9.12. The lowest BCUT2D eigenvalue weighted by molar-refractivity contribution is -0.210. The monoisotopic (exact) mass is 394 g/mol. The molecule has 1 aromatic carbocycles. The third kappa shape index (κ3) is 2.04. The minimum absolute atomic E-state index is 0.0651. The van der Waals surface area contributed by atoms with E-state index >= 15 is 0 Å². The van der Waals surface area contributed by atoms with Gasteiger partial charge in [-0.3, -0.25) is 0 Å². The van der Waals surface area contributed by atoms with E-state index < -0.39 is 11.3 Å². The van der Waals surface area contributed by atoms with Crippen LogP contribution in [0.25, 0.3) is 0 Å². The highest BCUT2D eigenvalue weighted by Gasteiger charge is 2.59. The third-order valence-electron chi connectivity index (χ3n) is 5.65. The lowest BCUT2D eigenvalue weighted by Crippen LogP contribution is -2.55. The highest BCUT2D eigenvalue weighted by atomic mass is 79.9. The van der Waals surface area contributed by atoms with Crippen molar-refractivity contribution in [3.05, 3.63) is 28.2 Å². The zero-order valence-electron chi connectivity index (χ0n) is 13.2. The molecular formula is C17H19BrN2O4. The molecule has 7 heteroatoms. The van der Waals surface area contributed by atoms with Crippen LogP contribution in [0.15, 0.2) is 27.7 Å². The van der Waals surface area contributed by atoms with E-state index in [1.807, 2.05) is 12.1 Å². The Hall–Kier alpha value is -1.31. The molecule has 2 N–H and O–H groups in total. The SMILES string of the molecule is NC1=NC2(CO1)c1cc(Br)ccc1OC1CCC3(C[C@@H]12)OCCO3. The summed E-state index contributed by atoms with van der Waals surface area (Å²) in [6.45, 7) is 1.73. The first kappa shape index (κ1) is 15.0. The summed E-state index contributed by atoms with van der Waals surface area (Å²) in [6, 6.07) is 6.29. The second kappa shape index (κ2) is 5.09. The van der Waals surface area contributed by atoms with Gasteiger partial charge in [0.1, 0.15) is 24.0 Å². The zero-order chi connectivity index (χ0) is 16.4. The van der Waals surface area contributed by atoms with E-state index in [1.165, 1.54) is 0 Å². The number of hydrogen-bond acceptors (Lipinski definition) is 6.